The van der Waals surface area contributed by atoms with Crippen LogP contribution in [-0.4, -0.2) is 21.4 Å². The molecule has 1 aromatic rings. The predicted molar refractivity (Wildman–Crippen MR) is 87.6 cm³/mol. The third-order valence-corrected chi connectivity index (χ3v) is 5.49. The molecule has 2 rings (SSSR count). The smallest absolute Gasteiger partial charge is 0.136 e. The van der Waals surface area contributed by atoms with E-state index in [1.807, 2.05) is 34.6 Å². The molecule has 1 aromatic carbocycles. The molecule has 0 spiro atoms. The quantitative estimate of drug-likeness (QED) is 0.834. The van der Waals surface area contributed by atoms with Gasteiger partial charge < -0.3 is 15.0 Å². The standard InChI is InChI=1S/C16H25FN2O2S/c1-10(19-22(20)15(2,3)4)13-7-12(17)6-11-8-16(5,9-18)21-14(11)13/h6-7,10,19H,8-9,18H2,1-5H3/t10?,16-,22?/m1/s1. The van der Waals surface area contributed by atoms with Crippen LogP contribution in [0, 0.1) is 5.82 Å². The van der Waals surface area contributed by atoms with E-state index in [0.717, 1.165) is 5.56 Å². The second-order valence-electron chi connectivity index (χ2n) is 7.14. The van der Waals surface area contributed by atoms with Gasteiger partial charge in [0, 0.05) is 35.5 Å². The first-order valence-corrected chi connectivity index (χ1v) is 8.60. The van der Waals surface area contributed by atoms with Crippen molar-refractivity contribution in [3.8, 4) is 5.75 Å². The van der Waals surface area contributed by atoms with Crippen LogP contribution in [-0.2, 0) is 17.8 Å². The fourth-order valence-corrected chi connectivity index (χ4v) is 3.25. The lowest BCUT2D eigenvalue weighted by Crippen LogP contribution is -2.41. The first-order chi connectivity index (χ1) is 10.1. The molecule has 0 saturated carbocycles. The van der Waals surface area contributed by atoms with Crippen LogP contribution in [0.15, 0.2) is 12.1 Å². The fourth-order valence-electron chi connectivity index (χ4n) is 2.45. The van der Waals surface area contributed by atoms with Gasteiger partial charge >= 0.3 is 0 Å². The number of nitrogens with one attached hydrogen (secondary N) is 1. The second kappa shape index (κ2) is 6.00. The van der Waals surface area contributed by atoms with Crippen molar-refractivity contribution < 1.29 is 13.7 Å². The number of benzene rings is 1. The number of fused-ring (bicyclic) bond motifs is 1. The minimum Gasteiger partial charge on any atom is -0.598 e. The number of hydrogen-bond donors (Lipinski definition) is 2. The number of nitrogens with two attached hydrogens (primary N) is 1. The second-order valence-corrected chi connectivity index (χ2v) is 9.13. The van der Waals surface area contributed by atoms with Gasteiger partial charge in [0.15, 0.2) is 0 Å². The summed E-state index contributed by atoms with van der Waals surface area (Å²) >= 11 is -1.24. The Morgan fingerprint density at radius 3 is 2.68 bits per heavy atom. The van der Waals surface area contributed by atoms with Crippen molar-refractivity contribution in [2.45, 2.75) is 57.4 Å². The molecule has 1 aliphatic rings. The van der Waals surface area contributed by atoms with Crippen molar-refractivity contribution in [2.24, 2.45) is 5.73 Å². The van der Waals surface area contributed by atoms with Gasteiger partial charge in [-0.3, -0.25) is 0 Å². The summed E-state index contributed by atoms with van der Waals surface area (Å²) in [6.45, 7) is 9.81. The molecular weight excluding hydrogens is 303 g/mol. The van der Waals surface area contributed by atoms with Crippen molar-refractivity contribution in [3.63, 3.8) is 0 Å². The third kappa shape index (κ3) is 3.56. The molecule has 3 N–H and O–H groups in total. The van der Waals surface area contributed by atoms with Gasteiger partial charge in [-0.2, -0.15) is 0 Å². The maximum absolute atomic E-state index is 13.9. The maximum atomic E-state index is 13.9. The molecule has 1 heterocycles. The van der Waals surface area contributed by atoms with Crippen molar-refractivity contribution in [1.82, 2.24) is 4.72 Å². The third-order valence-electron chi connectivity index (χ3n) is 3.81. The Balaban J connectivity index is 2.30. The van der Waals surface area contributed by atoms with E-state index in [9.17, 15) is 8.94 Å². The van der Waals surface area contributed by atoms with Crippen LogP contribution in [0.3, 0.4) is 0 Å². The molecule has 0 bridgehead atoms. The molecule has 22 heavy (non-hydrogen) atoms. The summed E-state index contributed by atoms with van der Waals surface area (Å²) in [6.07, 6.45) is 0.582. The van der Waals surface area contributed by atoms with Gasteiger partial charge in [-0.15, -0.1) is 4.72 Å². The molecule has 124 valence electrons. The average molecular weight is 328 g/mol. The highest BCUT2D eigenvalue weighted by Gasteiger charge is 2.37. The van der Waals surface area contributed by atoms with Crippen LogP contribution in [0.4, 0.5) is 4.39 Å². The highest BCUT2D eigenvalue weighted by Crippen LogP contribution is 2.40. The Morgan fingerprint density at radius 2 is 2.14 bits per heavy atom. The zero-order valence-corrected chi connectivity index (χ0v) is 14.6. The zero-order valence-electron chi connectivity index (χ0n) is 13.8. The van der Waals surface area contributed by atoms with E-state index >= 15 is 0 Å². The summed E-state index contributed by atoms with van der Waals surface area (Å²) in [5.41, 5.74) is 6.76. The van der Waals surface area contributed by atoms with E-state index in [1.54, 1.807) is 0 Å². The normalized spacial score (nSPS) is 23.8. The molecule has 0 amide bonds. The number of hydrogen-bond acceptors (Lipinski definition) is 4. The summed E-state index contributed by atoms with van der Waals surface area (Å²) in [5.74, 6) is 0.356. The van der Waals surface area contributed by atoms with Gasteiger partial charge in [-0.05, 0) is 46.8 Å². The Kier molecular flexibility index (Phi) is 4.78. The molecule has 0 radical (unpaired) electrons. The number of rotatable bonds is 4. The Bertz CT molecular complexity index is 562. The summed E-state index contributed by atoms with van der Waals surface area (Å²) in [6, 6.07) is 2.65. The fraction of sp³-hybridized carbons (Fsp3) is 0.625. The molecule has 4 nitrogen and oxygen atoms in total. The van der Waals surface area contributed by atoms with E-state index in [0.29, 0.717) is 24.3 Å². The van der Waals surface area contributed by atoms with E-state index in [-0.39, 0.29) is 11.9 Å². The highest BCUT2D eigenvalue weighted by atomic mass is 32.2. The Hall–Kier alpha value is -0.820. The van der Waals surface area contributed by atoms with Crippen molar-refractivity contribution in [2.75, 3.05) is 6.54 Å². The van der Waals surface area contributed by atoms with Crippen molar-refractivity contribution in [3.05, 3.63) is 29.1 Å². The molecule has 0 fully saturated rings. The van der Waals surface area contributed by atoms with Gasteiger partial charge in [0.1, 0.15) is 21.9 Å². The minimum absolute atomic E-state index is 0.287. The van der Waals surface area contributed by atoms with E-state index in [4.69, 9.17) is 10.5 Å². The highest BCUT2D eigenvalue weighted by molar-refractivity contribution is 7.90. The largest absolute Gasteiger partial charge is 0.598 e. The minimum atomic E-state index is -1.24. The van der Waals surface area contributed by atoms with Crippen LogP contribution in [0.1, 0.15) is 51.8 Å². The number of ether oxygens (including phenoxy) is 1. The first kappa shape index (κ1) is 17.5. The lowest BCUT2D eigenvalue weighted by molar-refractivity contribution is 0.124. The Labute approximate surface area is 134 Å². The lowest BCUT2D eigenvalue weighted by Gasteiger charge is -2.27. The Morgan fingerprint density at radius 1 is 1.50 bits per heavy atom. The lowest BCUT2D eigenvalue weighted by atomic mass is 9.97. The van der Waals surface area contributed by atoms with Gasteiger partial charge in [0.25, 0.3) is 0 Å². The van der Waals surface area contributed by atoms with Gasteiger partial charge in [-0.25, -0.2) is 4.39 Å². The summed E-state index contributed by atoms with van der Waals surface area (Å²) in [5, 5.41) is 0. The molecule has 6 heteroatoms. The van der Waals surface area contributed by atoms with E-state index in [2.05, 4.69) is 4.72 Å². The molecule has 3 atom stereocenters. The van der Waals surface area contributed by atoms with Crippen LogP contribution in [0.25, 0.3) is 0 Å². The topological polar surface area (TPSA) is 70.3 Å². The van der Waals surface area contributed by atoms with Crippen LogP contribution in [0.2, 0.25) is 0 Å². The van der Waals surface area contributed by atoms with Crippen molar-refractivity contribution >= 4 is 11.4 Å². The summed E-state index contributed by atoms with van der Waals surface area (Å²) in [4.78, 5) is 0. The maximum Gasteiger partial charge on any atom is 0.136 e. The van der Waals surface area contributed by atoms with E-state index < -0.39 is 21.7 Å². The van der Waals surface area contributed by atoms with Gasteiger partial charge in [0.05, 0.1) is 6.04 Å². The molecular formula is C16H25FN2O2S. The predicted octanol–water partition coefficient (Wildman–Crippen LogP) is 2.59. The first-order valence-electron chi connectivity index (χ1n) is 7.45. The average Bonchev–Trinajstić information content (AvgIpc) is 2.73. The summed E-state index contributed by atoms with van der Waals surface area (Å²) < 4.78 is 34.8. The molecule has 0 saturated heterocycles. The monoisotopic (exact) mass is 328 g/mol. The zero-order chi connectivity index (χ0) is 16.7. The van der Waals surface area contributed by atoms with Gasteiger partial charge in [-0.1, -0.05) is 0 Å². The summed E-state index contributed by atoms with van der Waals surface area (Å²) in [7, 11) is 0. The molecule has 2 unspecified atom stereocenters. The van der Waals surface area contributed by atoms with Crippen molar-refractivity contribution in [1.29, 1.82) is 0 Å². The number of halogens is 1. The SMILES string of the molecule is CC(N[S+]([O-])C(C)(C)C)c1cc(F)cc2c1O[C@@](C)(CN)C2. The van der Waals surface area contributed by atoms with Crippen LogP contribution in [0.5, 0.6) is 5.75 Å². The molecule has 0 aliphatic carbocycles. The van der Waals surface area contributed by atoms with Crippen LogP contribution < -0.4 is 15.2 Å². The molecule has 1 aliphatic heterocycles. The van der Waals surface area contributed by atoms with Crippen LogP contribution >= 0.6 is 0 Å². The van der Waals surface area contributed by atoms with E-state index in [1.165, 1.54) is 12.1 Å². The molecule has 0 aromatic heterocycles. The van der Waals surface area contributed by atoms with Gasteiger partial charge in [0.2, 0.25) is 0 Å².